The molecule has 7 nitrogen and oxygen atoms in total. The van der Waals surface area contributed by atoms with Gasteiger partial charge in [0.25, 0.3) is 5.91 Å². The quantitative estimate of drug-likeness (QED) is 0.623. The normalized spacial score (nSPS) is 24.1. The highest BCUT2D eigenvalue weighted by Gasteiger charge is 2.61. The minimum Gasteiger partial charge on any atom is -0.361 e. The molecule has 0 spiro atoms. The SMILES string of the molecule is Cc1noc(C)c1CNC(=O)[C@@]1(Cc2ccccc2)C[C@H]2CC[C@@H]1N2C(=O)c1ccc[nH]1. The van der Waals surface area contributed by atoms with Gasteiger partial charge >= 0.3 is 0 Å². The predicted octanol–water partition coefficient (Wildman–Crippen LogP) is 3.54. The van der Waals surface area contributed by atoms with Crippen LogP contribution in [0.4, 0.5) is 0 Å². The first-order valence-electron chi connectivity index (χ1n) is 11.2. The van der Waals surface area contributed by atoms with Crippen molar-refractivity contribution >= 4 is 11.8 Å². The summed E-state index contributed by atoms with van der Waals surface area (Å²) in [5.41, 5.74) is 2.73. The zero-order chi connectivity index (χ0) is 22.3. The van der Waals surface area contributed by atoms with Crippen molar-refractivity contribution in [2.75, 3.05) is 0 Å². The smallest absolute Gasteiger partial charge is 0.270 e. The average molecular weight is 433 g/mol. The molecule has 2 aliphatic heterocycles. The molecule has 0 radical (unpaired) electrons. The molecular weight excluding hydrogens is 404 g/mol. The van der Waals surface area contributed by atoms with Crippen LogP contribution in [0.3, 0.4) is 0 Å². The molecule has 5 rings (SSSR count). The number of aromatic amines is 1. The molecule has 7 heteroatoms. The van der Waals surface area contributed by atoms with Crippen molar-refractivity contribution in [1.82, 2.24) is 20.4 Å². The lowest BCUT2D eigenvalue weighted by Crippen LogP contribution is -2.51. The van der Waals surface area contributed by atoms with E-state index in [-0.39, 0.29) is 23.9 Å². The van der Waals surface area contributed by atoms with Crippen molar-refractivity contribution in [2.45, 2.75) is 58.2 Å². The Labute approximate surface area is 187 Å². The third kappa shape index (κ3) is 3.32. The number of benzene rings is 1. The van der Waals surface area contributed by atoms with Gasteiger partial charge in [-0.2, -0.15) is 0 Å². The first-order valence-corrected chi connectivity index (χ1v) is 11.2. The van der Waals surface area contributed by atoms with Crippen LogP contribution >= 0.6 is 0 Å². The van der Waals surface area contributed by atoms with Gasteiger partial charge in [-0.3, -0.25) is 9.59 Å². The van der Waals surface area contributed by atoms with Crippen LogP contribution < -0.4 is 5.32 Å². The number of hydrogen-bond acceptors (Lipinski definition) is 4. The van der Waals surface area contributed by atoms with Crippen LogP contribution in [0.15, 0.2) is 53.2 Å². The molecule has 3 aromatic rings. The maximum Gasteiger partial charge on any atom is 0.270 e. The Bertz CT molecular complexity index is 1100. The number of amides is 2. The average Bonchev–Trinajstić information content (AvgIpc) is 3.58. The fourth-order valence-electron chi connectivity index (χ4n) is 5.67. The van der Waals surface area contributed by atoms with E-state index in [0.717, 1.165) is 35.4 Å². The van der Waals surface area contributed by atoms with E-state index in [0.29, 0.717) is 25.1 Å². The highest BCUT2D eigenvalue weighted by atomic mass is 16.5. The molecule has 0 aliphatic carbocycles. The summed E-state index contributed by atoms with van der Waals surface area (Å²) < 4.78 is 5.26. The number of aromatic nitrogens is 2. The minimum atomic E-state index is -0.661. The monoisotopic (exact) mass is 432 g/mol. The van der Waals surface area contributed by atoms with Crippen molar-refractivity contribution < 1.29 is 14.1 Å². The van der Waals surface area contributed by atoms with Crippen LogP contribution in [0.25, 0.3) is 0 Å². The topological polar surface area (TPSA) is 91.2 Å². The molecule has 2 amide bonds. The van der Waals surface area contributed by atoms with Gasteiger partial charge in [-0.05, 0) is 57.2 Å². The molecule has 2 aliphatic rings. The van der Waals surface area contributed by atoms with Crippen molar-refractivity contribution in [3.63, 3.8) is 0 Å². The fourth-order valence-corrected chi connectivity index (χ4v) is 5.67. The maximum absolute atomic E-state index is 13.8. The minimum absolute atomic E-state index is 0.00200. The van der Waals surface area contributed by atoms with E-state index < -0.39 is 5.41 Å². The summed E-state index contributed by atoms with van der Waals surface area (Å²) in [7, 11) is 0. The van der Waals surface area contributed by atoms with Crippen molar-refractivity contribution in [1.29, 1.82) is 0 Å². The summed E-state index contributed by atoms with van der Waals surface area (Å²) in [6, 6.07) is 13.7. The number of rotatable bonds is 6. The molecule has 2 saturated heterocycles. The Morgan fingerprint density at radius 3 is 2.69 bits per heavy atom. The molecule has 2 N–H and O–H groups in total. The first kappa shape index (κ1) is 20.5. The van der Waals surface area contributed by atoms with Gasteiger partial charge in [0.2, 0.25) is 5.91 Å². The van der Waals surface area contributed by atoms with Crippen LogP contribution in [0, 0.1) is 19.3 Å². The lowest BCUT2D eigenvalue weighted by atomic mass is 9.69. The highest BCUT2D eigenvalue weighted by molar-refractivity contribution is 5.95. The number of nitrogens with zero attached hydrogens (tertiary/aromatic N) is 2. The van der Waals surface area contributed by atoms with Gasteiger partial charge < -0.3 is 19.7 Å². The van der Waals surface area contributed by atoms with Crippen LogP contribution in [0.2, 0.25) is 0 Å². The number of carbonyl (C=O) groups excluding carboxylic acids is 2. The Balaban J connectivity index is 1.46. The van der Waals surface area contributed by atoms with Gasteiger partial charge in [0.15, 0.2) is 0 Å². The lowest BCUT2D eigenvalue weighted by molar-refractivity contribution is -0.132. The number of aryl methyl sites for hydroxylation is 2. The van der Waals surface area contributed by atoms with E-state index >= 15 is 0 Å². The van der Waals surface area contributed by atoms with Gasteiger partial charge in [-0.15, -0.1) is 0 Å². The molecule has 2 bridgehead atoms. The van der Waals surface area contributed by atoms with E-state index in [4.69, 9.17) is 4.52 Å². The van der Waals surface area contributed by atoms with E-state index in [1.807, 2.05) is 43.0 Å². The summed E-state index contributed by atoms with van der Waals surface area (Å²) in [5, 5.41) is 7.16. The Kier molecular flexibility index (Phi) is 5.12. The number of H-pyrrole nitrogens is 1. The summed E-state index contributed by atoms with van der Waals surface area (Å²) in [4.78, 5) is 32.1. The first-order chi connectivity index (χ1) is 15.5. The van der Waals surface area contributed by atoms with Gasteiger partial charge in [-0.25, -0.2) is 0 Å². The van der Waals surface area contributed by atoms with Crippen LogP contribution in [0.1, 0.15) is 52.3 Å². The molecule has 4 heterocycles. The standard InChI is InChI=1S/C25H28N4O3/c1-16-20(17(2)32-28-16)15-27-24(31)25(13-18-7-4-3-5-8-18)14-19-10-11-22(25)29(19)23(30)21-9-6-12-26-21/h3-9,12,19,22,26H,10-11,13-15H2,1-2H3,(H,27,31)/t19-,22+,25+/m1/s1. The second-order valence-corrected chi connectivity index (χ2v) is 9.05. The van der Waals surface area contributed by atoms with Crippen molar-refractivity contribution in [3.8, 4) is 0 Å². The van der Waals surface area contributed by atoms with Crippen molar-refractivity contribution in [2.24, 2.45) is 5.41 Å². The summed E-state index contributed by atoms with van der Waals surface area (Å²) >= 11 is 0. The van der Waals surface area contributed by atoms with Crippen LogP contribution in [-0.4, -0.2) is 38.9 Å². The number of carbonyl (C=O) groups is 2. The maximum atomic E-state index is 13.8. The molecule has 2 fully saturated rings. The van der Waals surface area contributed by atoms with E-state index in [9.17, 15) is 9.59 Å². The fraction of sp³-hybridized carbons (Fsp3) is 0.400. The summed E-state index contributed by atoms with van der Waals surface area (Å²) in [6.45, 7) is 4.11. The zero-order valence-corrected chi connectivity index (χ0v) is 18.4. The van der Waals surface area contributed by atoms with Gasteiger partial charge in [0.05, 0.1) is 11.1 Å². The Morgan fingerprint density at radius 2 is 2.00 bits per heavy atom. The van der Waals surface area contributed by atoms with E-state index in [2.05, 4.69) is 27.6 Å². The van der Waals surface area contributed by atoms with Crippen LogP contribution in [-0.2, 0) is 17.8 Å². The molecule has 0 unspecified atom stereocenters. The van der Waals surface area contributed by atoms with Gasteiger partial charge in [-0.1, -0.05) is 35.5 Å². The van der Waals surface area contributed by atoms with E-state index in [1.54, 1.807) is 12.3 Å². The molecular formula is C25H28N4O3. The zero-order valence-electron chi connectivity index (χ0n) is 18.4. The third-order valence-corrected chi connectivity index (χ3v) is 7.22. The summed E-state index contributed by atoms with van der Waals surface area (Å²) in [5.74, 6) is 0.699. The second-order valence-electron chi connectivity index (χ2n) is 9.05. The molecule has 3 atom stereocenters. The van der Waals surface area contributed by atoms with E-state index in [1.165, 1.54) is 0 Å². The number of hydrogen-bond donors (Lipinski definition) is 2. The molecule has 2 aromatic heterocycles. The second kappa shape index (κ2) is 7.97. The predicted molar refractivity (Wildman–Crippen MR) is 119 cm³/mol. The molecule has 166 valence electrons. The van der Waals surface area contributed by atoms with Gasteiger partial charge in [0.1, 0.15) is 11.5 Å². The Hall–Kier alpha value is -3.35. The largest absolute Gasteiger partial charge is 0.361 e. The summed E-state index contributed by atoms with van der Waals surface area (Å²) in [6.07, 6.45) is 4.82. The van der Waals surface area contributed by atoms with Crippen molar-refractivity contribution in [3.05, 3.63) is 76.9 Å². The Morgan fingerprint density at radius 1 is 1.19 bits per heavy atom. The van der Waals surface area contributed by atoms with Crippen LogP contribution in [0.5, 0.6) is 0 Å². The molecule has 0 saturated carbocycles. The number of fused-ring (bicyclic) bond motifs is 2. The highest BCUT2D eigenvalue weighted by Crippen LogP contribution is 2.52. The number of nitrogens with one attached hydrogen (secondary N) is 2. The van der Waals surface area contributed by atoms with Gasteiger partial charge in [0, 0.05) is 30.4 Å². The lowest BCUT2D eigenvalue weighted by Gasteiger charge is -2.36. The molecule has 32 heavy (non-hydrogen) atoms. The molecule has 1 aromatic carbocycles. The third-order valence-electron chi connectivity index (χ3n) is 7.22.